The summed E-state index contributed by atoms with van der Waals surface area (Å²) in [6.45, 7) is 1.54. The number of halogens is 7. The van der Waals surface area contributed by atoms with Crippen molar-refractivity contribution in [3.63, 3.8) is 0 Å². The molecule has 0 atom stereocenters. The summed E-state index contributed by atoms with van der Waals surface area (Å²) < 4.78 is 81.6. The van der Waals surface area contributed by atoms with E-state index in [2.05, 4.69) is 27.7 Å². The van der Waals surface area contributed by atoms with Crippen LogP contribution >= 0.6 is 34.2 Å². The highest BCUT2D eigenvalue weighted by molar-refractivity contribution is 14.1. The van der Waals surface area contributed by atoms with Gasteiger partial charge in [0.2, 0.25) is 5.82 Å². The lowest BCUT2D eigenvalue weighted by atomic mass is 10.1. The molecular weight excluding hydrogens is 634 g/mol. The summed E-state index contributed by atoms with van der Waals surface area (Å²) in [7, 11) is 1.39. The fraction of sp³-hybridized carbons (Fsp3) is 0.120. The van der Waals surface area contributed by atoms with Crippen molar-refractivity contribution in [3.8, 4) is 11.5 Å². The first-order valence-electron chi connectivity index (χ1n) is 10.4. The van der Waals surface area contributed by atoms with Gasteiger partial charge >= 0.3 is 0 Å². The van der Waals surface area contributed by atoms with Crippen LogP contribution in [0.5, 0.6) is 11.5 Å². The number of amides is 1. The molecule has 0 saturated heterocycles. The predicted molar refractivity (Wildman–Crippen MR) is 136 cm³/mol. The van der Waals surface area contributed by atoms with Gasteiger partial charge in [0.15, 0.2) is 34.8 Å². The van der Waals surface area contributed by atoms with E-state index in [9.17, 15) is 26.7 Å². The summed E-state index contributed by atoms with van der Waals surface area (Å²) in [6, 6.07) is 10.6. The van der Waals surface area contributed by atoms with Gasteiger partial charge in [0.05, 0.1) is 23.4 Å². The maximum absolute atomic E-state index is 14.3. The van der Waals surface area contributed by atoms with Crippen LogP contribution in [0.3, 0.4) is 0 Å². The molecule has 0 bridgehead atoms. The third kappa shape index (κ3) is 5.14. The van der Waals surface area contributed by atoms with Crippen LogP contribution < -0.4 is 14.5 Å². The summed E-state index contributed by atoms with van der Waals surface area (Å²) in [5, 5.41) is 3.99. The molecule has 192 valence electrons. The number of ether oxygens (including phenoxy) is 2. The molecule has 12 heteroatoms. The molecule has 4 rings (SSSR count). The lowest BCUT2D eigenvalue weighted by molar-refractivity contribution is -0.114. The van der Waals surface area contributed by atoms with E-state index in [0.717, 1.165) is 9.13 Å². The Labute approximate surface area is 226 Å². The molecule has 0 saturated carbocycles. The van der Waals surface area contributed by atoms with Gasteiger partial charge in [0.25, 0.3) is 5.91 Å². The zero-order valence-electron chi connectivity index (χ0n) is 19.0. The van der Waals surface area contributed by atoms with Gasteiger partial charge in [-0.15, -0.1) is 0 Å². The number of rotatable bonds is 6. The van der Waals surface area contributed by atoms with Crippen LogP contribution in [-0.2, 0) is 11.4 Å². The van der Waals surface area contributed by atoms with Crippen LogP contribution in [0.1, 0.15) is 18.1 Å². The van der Waals surface area contributed by atoms with E-state index in [4.69, 9.17) is 21.1 Å². The highest BCUT2D eigenvalue weighted by atomic mass is 127. The van der Waals surface area contributed by atoms with Gasteiger partial charge in [-0.1, -0.05) is 23.7 Å². The summed E-state index contributed by atoms with van der Waals surface area (Å²) in [5.74, 6) is -11.7. The molecule has 0 aromatic heterocycles. The molecule has 0 spiro atoms. The summed E-state index contributed by atoms with van der Waals surface area (Å²) in [5.41, 5.74) is -0.432. The highest BCUT2D eigenvalue weighted by Crippen LogP contribution is 2.39. The summed E-state index contributed by atoms with van der Waals surface area (Å²) in [6.07, 6.45) is 1.30. The topological polar surface area (TPSA) is 51.1 Å². The molecule has 0 radical (unpaired) electrons. The molecular formula is C25H15ClF5IN2O3. The van der Waals surface area contributed by atoms with E-state index in [1.54, 1.807) is 0 Å². The maximum Gasteiger partial charge on any atom is 0.280 e. The Kier molecular flexibility index (Phi) is 7.74. The molecule has 3 aromatic carbocycles. The molecule has 1 amide bonds. The molecule has 3 aromatic rings. The Morgan fingerprint density at radius 3 is 2.19 bits per heavy atom. The average molecular weight is 649 g/mol. The number of hydrazone groups is 1. The Hall–Kier alpha value is -3.19. The SMILES string of the molecule is COc1cc(/C=C2/C(=O)N(c3c(F)c(F)c(F)c(F)c3F)N=C2C)cc(Cl)c1OCc1ccc(I)cc1. The quantitative estimate of drug-likeness (QED) is 0.0949. The zero-order chi connectivity index (χ0) is 27.0. The van der Waals surface area contributed by atoms with E-state index in [1.807, 2.05) is 24.3 Å². The first-order chi connectivity index (χ1) is 17.5. The summed E-state index contributed by atoms with van der Waals surface area (Å²) in [4.78, 5) is 12.9. The lowest BCUT2D eigenvalue weighted by Gasteiger charge is -2.15. The number of methoxy groups -OCH3 is 1. The molecule has 37 heavy (non-hydrogen) atoms. The van der Waals surface area contributed by atoms with Gasteiger partial charge < -0.3 is 9.47 Å². The minimum absolute atomic E-state index is 0.0249. The molecule has 1 aliphatic rings. The number of hydrogen-bond donors (Lipinski definition) is 0. The normalized spacial score (nSPS) is 14.4. The van der Waals surface area contributed by atoms with Crippen molar-refractivity contribution in [3.05, 3.63) is 90.8 Å². The fourth-order valence-corrected chi connectivity index (χ4v) is 4.11. The molecule has 5 nitrogen and oxygen atoms in total. The van der Waals surface area contributed by atoms with Crippen LogP contribution in [-0.4, -0.2) is 18.7 Å². The Bertz CT molecular complexity index is 1450. The van der Waals surface area contributed by atoms with Crippen LogP contribution in [0, 0.1) is 32.7 Å². The van der Waals surface area contributed by atoms with Crippen molar-refractivity contribution < 1.29 is 36.2 Å². The van der Waals surface area contributed by atoms with Gasteiger partial charge in [0, 0.05) is 3.57 Å². The Balaban J connectivity index is 1.65. The second kappa shape index (κ2) is 10.7. The van der Waals surface area contributed by atoms with E-state index in [1.165, 1.54) is 32.2 Å². The second-order valence-corrected chi connectivity index (χ2v) is 9.38. The molecule has 0 aliphatic carbocycles. The lowest BCUT2D eigenvalue weighted by Crippen LogP contribution is -2.25. The molecule has 0 fully saturated rings. The minimum atomic E-state index is -2.34. The Morgan fingerprint density at radius 1 is 1.00 bits per heavy atom. The number of anilines is 1. The number of benzene rings is 3. The van der Waals surface area contributed by atoms with E-state index < -0.39 is 40.7 Å². The number of nitrogens with zero attached hydrogens (tertiary/aromatic N) is 2. The van der Waals surface area contributed by atoms with Crippen LogP contribution in [0.25, 0.3) is 6.08 Å². The number of carbonyl (C=O) groups is 1. The van der Waals surface area contributed by atoms with E-state index in [-0.39, 0.29) is 39.4 Å². The third-order valence-corrected chi connectivity index (χ3v) is 6.32. The molecule has 0 N–H and O–H groups in total. The smallest absolute Gasteiger partial charge is 0.280 e. The molecule has 1 aliphatic heterocycles. The monoisotopic (exact) mass is 648 g/mol. The van der Waals surface area contributed by atoms with Crippen molar-refractivity contribution >= 4 is 57.6 Å². The Morgan fingerprint density at radius 2 is 1.59 bits per heavy atom. The standard InChI is InChI=1S/C25H15ClF5IN2O3/c1-11-15(25(35)34(33-11)23-21(30)19(28)18(27)20(29)22(23)31)7-13-8-16(26)24(17(9-13)36-2)37-10-12-3-5-14(32)6-4-12/h3-9H,10H2,1-2H3/b15-7+. The highest BCUT2D eigenvalue weighted by Gasteiger charge is 2.37. The van der Waals surface area contributed by atoms with Crippen molar-refractivity contribution in [1.82, 2.24) is 0 Å². The van der Waals surface area contributed by atoms with E-state index in [0.29, 0.717) is 5.56 Å². The average Bonchev–Trinajstić information content (AvgIpc) is 3.14. The zero-order valence-corrected chi connectivity index (χ0v) is 21.9. The fourth-order valence-electron chi connectivity index (χ4n) is 3.48. The van der Waals surface area contributed by atoms with Gasteiger partial charge in [-0.2, -0.15) is 10.1 Å². The largest absolute Gasteiger partial charge is 0.493 e. The first-order valence-corrected chi connectivity index (χ1v) is 11.9. The molecule has 1 heterocycles. The van der Waals surface area contributed by atoms with Gasteiger partial charge in [-0.3, -0.25) is 4.79 Å². The first kappa shape index (κ1) is 26.9. The van der Waals surface area contributed by atoms with Gasteiger partial charge in [-0.25, -0.2) is 22.0 Å². The van der Waals surface area contributed by atoms with Gasteiger partial charge in [-0.05, 0) is 71.0 Å². The summed E-state index contributed by atoms with van der Waals surface area (Å²) >= 11 is 8.58. The number of carbonyl (C=O) groups excluding carboxylic acids is 1. The van der Waals surface area contributed by atoms with Crippen molar-refractivity contribution in [2.75, 3.05) is 12.1 Å². The van der Waals surface area contributed by atoms with Crippen molar-refractivity contribution in [2.24, 2.45) is 5.10 Å². The van der Waals surface area contributed by atoms with Gasteiger partial charge in [0.1, 0.15) is 12.3 Å². The van der Waals surface area contributed by atoms with Crippen LogP contribution in [0.4, 0.5) is 27.6 Å². The maximum atomic E-state index is 14.3. The van der Waals surface area contributed by atoms with Crippen LogP contribution in [0.15, 0.2) is 47.1 Å². The number of hydrogen-bond acceptors (Lipinski definition) is 4. The van der Waals surface area contributed by atoms with Crippen molar-refractivity contribution in [1.29, 1.82) is 0 Å². The minimum Gasteiger partial charge on any atom is -0.493 e. The second-order valence-electron chi connectivity index (χ2n) is 7.73. The molecule has 0 unspecified atom stereocenters. The van der Waals surface area contributed by atoms with Crippen LogP contribution in [0.2, 0.25) is 5.02 Å². The van der Waals surface area contributed by atoms with Crippen molar-refractivity contribution in [2.45, 2.75) is 13.5 Å². The predicted octanol–water partition coefficient (Wildman–Crippen LogP) is 7.03. The van der Waals surface area contributed by atoms with E-state index >= 15 is 0 Å². The third-order valence-electron chi connectivity index (χ3n) is 5.32.